The largest absolute Gasteiger partial charge is 0.493 e. The molecular weight excluding hydrogens is 500 g/mol. The minimum atomic E-state index is -0.423. The molecule has 1 aromatic heterocycles. The Balaban J connectivity index is 1.91. The number of ether oxygens (including phenoxy) is 2. The highest BCUT2D eigenvalue weighted by Crippen LogP contribution is 2.32. The van der Waals surface area contributed by atoms with Gasteiger partial charge in [-0.15, -0.1) is 0 Å². The van der Waals surface area contributed by atoms with Gasteiger partial charge in [-0.1, -0.05) is 24.3 Å². The van der Waals surface area contributed by atoms with Crippen molar-refractivity contribution in [1.82, 2.24) is 9.88 Å². The maximum Gasteiger partial charge on any atom is 0.257 e. The zero-order valence-electron chi connectivity index (χ0n) is 19.3. The molecule has 1 heterocycles. The highest BCUT2D eigenvalue weighted by atomic mass is 79.9. The van der Waals surface area contributed by atoms with E-state index in [0.717, 1.165) is 4.47 Å². The molecule has 0 aliphatic carbocycles. The summed E-state index contributed by atoms with van der Waals surface area (Å²) in [6.07, 6.45) is 1.55. The van der Waals surface area contributed by atoms with Gasteiger partial charge in [-0.05, 0) is 45.8 Å². The molecule has 1 amide bonds. The van der Waals surface area contributed by atoms with Crippen LogP contribution >= 0.6 is 15.9 Å². The highest BCUT2D eigenvalue weighted by Gasteiger charge is 2.20. The summed E-state index contributed by atoms with van der Waals surface area (Å²) in [5, 5.41) is 10.8. The molecule has 0 saturated heterocycles. The Bertz CT molecular complexity index is 1210. The molecule has 0 aliphatic rings. The third kappa shape index (κ3) is 5.79. The van der Waals surface area contributed by atoms with E-state index >= 15 is 0 Å². The number of nitrogens with zero attached hydrogens (tertiary/aromatic N) is 2. The third-order valence-corrected chi connectivity index (χ3v) is 5.57. The van der Waals surface area contributed by atoms with Crippen LogP contribution in [0.15, 0.2) is 59.2 Å². The Morgan fingerprint density at radius 1 is 1.00 bits per heavy atom. The van der Waals surface area contributed by atoms with Crippen molar-refractivity contribution in [3.8, 4) is 11.5 Å². The number of rotatable bonds is 8. The molecule has 0 spiro atoms. The first-order valence-corrected chi connectivity index (χ1v) is 11.1. The van der Waals surface area contributed by atoms with E-state index in [4.69, 9.17) is 14.9 Å². The van der Waals surface area contributed by atoms with E-state index in [0.29, 0.717) is 39.8 Å². The molecule has 0 aliphatic heterocycles. The van der Waals surface area contributed by atoms with Crippen molar-refractivity contribution in [2.24, 2.45) is 0 Å². The number of halogens is 1. The van der Waals surface area contributed by atoms with Crippen LogP contribution < -0.4 is 14.8 Å². The van der Waals surface area contributed by atoms with Gasteiger partial charge in [0.25, 0.3) is 5.91 Å². The van der Waals surface area contributed by atoms with Crippen molar-refractivity contribution in [3.05, 3.63) is 81.5 Å². The van der Waals surface area contributed by atoms with Gasteiger partial charge in [-0.25, -0.2) is 4.98 Å². The number of nitrogens with one attached hydrogen (secondary N) is 2. The second-order valence-electron chi connectivity index (χ2n) is 7.60. The molecule has 9 heteroatoms. The number of benzene rings is 2. The first-order valence-electron chi connectivity index (χ1n) is 10.3. The summed E-state index contributed by atoms with van der Waals surface area (Å²) in [6, 6.07) is 13.5. The fourth-order valence-electron chi connectivity index (χ4n) is 3.26. The van der Waals surface area contributed by atoms with Gasteiger partial charge in [0.1, 0.15) is 11.7 Å². The zero-order valence-corrected chi connectivity index (χ0v) is 20.9. The number of anilines is 1. The topological polar surface area (TPSA) is 105 Å². The number of amidine groups is 1. The fraction of sp³-hybridized carbons (Fsp3) is 0.200. The Hall–Kier alpha value is -3.72. The van der Waals surface area contributed by atoms with E-state index in [1.165, 1.54) is 14.2 Å². The molecule has 176 valence electrons. The number of pyridine rings is 1. The number of amides is 1. The van der Waals surface area contributed by atoms with Gasteiger partial charge in [0.15, 0.2) is 17.3 Å². The second kappa shape index (κ2) is 10.9. The number of carbonyl (C=O) groups is 2. The molecular formula is C25H25BrN4O4. The van der Waals surface area contributed by atoms with E-state index in [-0.39, 0.29) is 17.8 Å². The Labute approximate surface area is 206 Å². The van der Waals surface area contributed by atoms with Crippen LogP contribution in [0.4, 0.5) is 5.82 Å². The molecule has 34 heavy (non-hydrogen) atoms. The maximum atomic E-state index is 13.1. The van der Waals surface area contributed by atoms with Crippen molar-refractivity contribution in [1.29, 1.82) is 5.41 Å². The predicted molar refractivity (Wildman–Crippen MR) is 134 cm³/mol. The Kier molecular flexibility index (Phi) is 8.01. The monoisotopic (exact) mass is 524 g/mol. The minimum absolute atomic E-state index is 0.0264. The molecule has 3 aromatic rings. The number of Topliss-reactive ketones (excluding diaryl/α,β-unsaturated/α-hetero) is 1. The van der Waals surface area contributed by atoms with Crippen LogP contribution in [0.2, 0.25) is 0 Å². The summed E-state index contributed by atoms with van der Waals surface area (Å²) in [7, 11) is 6.55. The van der Waals surface area contributed by atoms with Gasteiger partial charge >= 0.3 is 0 Å². The number of aromatic nitrogens is 1. The Morgan fingerprint density at radius 3 is 2.18 bits per heavy atom. The second-order valence-corrected chi connectivity index (χ2v) is 8.52. The van der Waals surface area contributed by atoms with Crippen molar-refractivity contribution in [2.45, 2.75) is 6.42 Å². The number of carbonyl (C=O) groups excluding carboxylic acids is 2. The summed E-state index contributed by atoms with van der Waals surface area (Å²) in [4.78, 5) is 32.0. The van der Waals surface area contributed by atoms with Gasteiger partial charge in [0.05, 0.1) is 14.2 Å². The van der Waals surface area contributed by atoms with Crippen LogP contribution in [0.3, 0.4) is 0 Å². The van der Waals surface area contributed by atoms with Gasteiger partial charge in [0, 0.05) is 47.9 Å². The van der Waals surface area contributed by atoms with E-state index in [9.17, 15) is 9.59 Å². The van der Waals surface area contributed by atoms with Crippen LogP contribution in [0.1, 0.15) is 31.8 Å². The van der Waals surface area contributed by atoms with Gasteiger partial charge < -0.3 is 19.7 Å². The van der Waals surface area contributed by atoms with Crippen LogP contribution in [0.25, 0.3) is 0 Å². The van der Waals surface area contributed by atoms with Crippen molar-refractivity contribution in [3.63, 3.8) is 0 Å². The van der Waals surface area contributed by atoms with Crippen LogP contribution in [0.5, 0.6) is 11.5 Å². The van der Waals surface area contributed by atoms with Crippen molar-refractivity contribution >= 4 is 39.3 Å². The normalized spacial score (nSPS) is 10.4. The lowest BCUT2D eigenvalue weighted by Gasteiger charge is -2.15. The minimum Gasteiger partial charge on any atom is -0.493 e. The first-order chi connectivity index (χ1) is 16.2. The van der Waals surface area contributed by atoms with E-state index in [1.807, 2.05) is 0 Å². The molecule has 0 unspecified atom stereocenters. The number of hydrogen-bond donors (Lipinski definition) is 2. The summed E-state index contributed by atoms with van der Waals surface area (Å²) < 4.78 is 11.5. The molecule has 0 atom stereocenters. The quantitative estimate of drug-likeness (QED) is 0.256. The lowest BCUT2D eigenvalue weighted by Crippen LogP contribution is -2.21. The Morgan fingerprint density at radius 2 is 1.62 bits per heavy atom. The smallest absolute Gasteiger partial charge is 0.257 e. The number of hydrogen-bond acceptors (Lipinski definition) is 6. The maximum absolute atomic E-state index is 13.1. The van der Waals surface area contributed by atoms with E-state index < -0.39 is 5.91 Å². The molecule has 0 bridgehead atoms. The molecule has 3 rings (SSSR count). The lowest BCUT2D eigenvalue weighted by molar-refractivity contribution is 0.0992. The molecule has 8 nitrogen and oxygen atoms in total. The average molecular weight is 525 g/mol. The zero-order chi connectivity index (χ0) is 24.8. The molecule has 0 radical (unpaired) electrons. The van der Waals surface area contributed by atoms with E-state index in [2.05, 4.69) is 26.2 Å². The predicted octanol–water partition coefficient (Wildman–Crippen LogP) is 4.43. The highest BCUT2D eigenvalue weighted by molar-refractivity contribution is 9.10. The summed E-state index contributed by atoms with van der Waals surface area (Å²) >= 11 is 3.31. The molecule has 2 N–H and O–H groups in total. The summed E-state index contributed by atoms with van der Waals surface area (Å²) in [6.45, 7) is 0. The lowest BCUT2D eigenvalue weighted by atomic mass is 9.96. The summed E-state index contributed by atoms with van der Waals surface area (Å²) in [5.74, 6) is 0.912. The van der Waals surface area contributed by atoms with Crippen molar-refractivity contribution < 1.29 is 19.1 Å². The first kappa shape index (κ1) is 24.9. The number of methoxy groups -OCH3 is 2. The standard InChI is InChI=1S/C25H25BrN4O4/c1-30(2)24(27)16-7-5-15(6-8-16)20(31)11-17-12-21(33-3)22(34-4)13-19(17)25(32)29-23-10-9-18(26)14-28-23/h5-10,12-14,27H,11H2,1-4H3,(H,28,29,32). The van der Waals surface area contributed by atoms with Gasteiger partial charge in [-0.2, -0.15) is 0 Å². The van der Waals surface area contributed by atoms with Gasteiger partial charge in [-0.3, -0.25) is 15.0 Å². The third-order valence-electron chi connectivity index (χ3n) is 5.10. The SMILES string of the molecule is COc1cc(CC(=O)c2ccc(C(=N)N(C)C)cc2)c(C(=O)Nc2ccc(Br)cn2)cc1OC. The molecule has 0 fully saturated rings. The van der Waals surface area contributed by atoms with Crippen LogP contribution in [-0.2, 0) is 6.42 Å². The van der Waals surface area contributed by atoms with Crippen LogP contribution in [-0.4, -0.2) is 55.7 Å². The molecule has 0 saturated carbocycles. The summed E-state index contributed by atoms with van der Waals surface area (Å²) in [5.41, 5.74) is 1.95. The van der Waals surface area contributed by atoms with Gasteiger partial charge in [0.2, 0.25) is 0 Å². The molecule has 2 aromatic carbocycles. The fourth-order valence-corrected chi connectivity index (χ4v) is 3.49. The average Bonchev–Trinajstić information content (AvgIpc) is 2.84. The number of ketones is 1. The van der Waals surface area contributed by atoms with Crippen molar-refractivity contribution in [2.75, 3.05) is 33.6 Å². The van der Waals surface area contributed by atoms with Crippen LogP contribution in [0, 0.1) is 5.41 Å². The van der Waals surface area contributed by atoms with E-state index in [1.54, 1.807) is 73.7 Å².